The van der Waals surface area contributed by atoms with E-state index in [1.807, 2.05) is 29.5 Å². The molecule has 13 heteroatoms. The van der Waals surface area contributed by atoms with E-state index in [1.54, 1.807) is 30.3 Å². The Morgan fingerprint density at radius 3 is 2.71 bits per heavy atom. The lowest BCUT2D eigenvalue weighted by molar-refractivity contribution is -0.118. The lowest BCUT2D eigenvalue weighted by Gasteiger charge is -2.40. The van der Waals surface area contributed by atoms with Crippen molar-refractivity contribution in [2.75, 3.05) is 40.0 Å². The lowest BCUT2D eigenvalue weighted by atomic mass is 9.87. The number of carbonyl (C=O) groups excluding carboxylic acids is 3. The summed E-state index contributed by atoms with van der Waals surface area (Å²) in [4.78, 5) is 53.1. The Morgan fingerprint density at radius 2 is 2.00 bits per heavy atom. The topological polar surface area (TPSA) is 165 Å². The second-order valence-corrected chi connectivity index (χ2v) is 11.4. The summed E-state index contributed by atoms with van der Waals surface area (Å²) >= 11 is 1.98. The summed E-state index contributed by atoms with van der Waals surface area (Å²) in [6, 6.07) is 10.3. The van der Waals surface area contributed by atoms with Crippen LogP contribution in [0.4, 0.5) is 0 Å². The molecule has 0 aliphatic heterocycles. The van der Waals surface area contributed by atoms with Gasteiger partial charge in [0.15, 0.2) is 11.5 Å². The number of ether oxygens (including phenoxy) is 3. The van der Waals surface area contributed by atoms with Gasteiger partial charge in [-0.15, -0.1) is 0 Å². The molecule has 0 bridgehead atoms. The molecule has 240 valence electrons. The number of fused-ring (bicyclic) bond motifs is 1. The zero-order chi connectivity index (χ0) is 32.5. The van der Waals surface area contributed by atoms with Crippen molar-refractivity contribution in [3.05, 3.63) is 79.2 Å². The number of halogens is 1. The SMILES string of the molecule is CCOCCCN(C(=O)c1cc2ccccc2oc1=O)C1CC(C(=O)NCCO)=CC(Oc2c(I)cc(C=O)cc2OC)C1O. The number of hydrogen-bond donors (Lipinski definition) is 3. The van der Waals surface area contributed by atoms with E-state index < -0.39 is 35.7 Å². The van der Waals surface area contributed by atoms with E-state index in [0.29, 0.717) is 46.0 Å². The van der Waals surface area contributed by atoms with Crippen molar-refractivity contribution >= 4 is 51.7 Å². The van der Waals surface area contributed by atoms with Gasteiger partial charge in [-0.25, -0.2) is 4.79 Å². The first-order valence-corrected chi connectivity index (χ1v) is 15.5. The van der Waals surface area contributed by atoms with Gasteiger partial charge in [0.25, 0.3) is 5.91 Å². The number of aldehydes is 1. The van der Waals surface area contributed by atoms with Crippen LogP contribution >= 0.6 is 22.6 Å². The van der Waals surface area contributed by atoms with E-state index in [2.05, 4.69) is 5.32 Å². The smallest absolute Gasteiger partial charge is 0.349 e. The first kappa shape index (κ1) is 34.1. The molecule has 12 nitrogen and oxygen atoms in total. The normalized spacial score (nSPS) is 17.8. The van der Waals surface area contributed by atoms with E-state index in [9.17, 15) is 29.4 Å². The Balaban J connectivity index is 1.77. The van der Waals surface area contributed by atoms with Crippen molar-refractivity contribution < 1.29 is 43.2 Å². The van der Waals surface area contributed by atoms with Crippen LogP contribution in [0.5, 0.6) is 11.5 Å². The first-order chi connectivity index (χ1) is 21.7. The molecule has 45 heavy (non-hydrogen) atoms. The molecule has 3 aromatic rings. The van der Waals surface area contributed by atoms with E-state index >= 15 is 0 Å². The number of amides is 2. The van der Waals surface area contributed by atoms with Crippen LogP contribution in [-0.2, 0) is 9.53 Å². The van der Waals surface area contributed by atoms with Crippen LogP contribution < -0.4 is 20.4 Å². The van der Waals surface area contributed by atoms with Gasteiger partial charge in [-0.2, -0.15) is 0 Å². The fourth-order valence-electron chi connectivity index (χ4n) is 5.10. The maximum Gasteiger partial charge on any atom is 0.349 e. The molecule has 4 rings (SSSR count). The quantitative estimate of drug-likeness (QED) is 0.0972. The number of hydrogen-bond acceptors (Lipinski definition) is 10. The molecule has 1 aromatic heterocycles. The zero-order valence-corrected chi connectivity index (χ0v) is 27.0. The van der Waals surface area contributed by atoms with Gasteiger partial charge >= 0.3 is 5.63 Å². The summed E-state index contributed by atoms with van der Waals surface area (Å²) in [6.07, 6.45) is -0.0897. The highest BCUT2D eigenvalue weighted by molar-refractivity contribution is 14.1. The van der Waals surface area contributed by atoms with E-state index in [-0.39, 0.29) is 48.8 Å². The van der Waals surface area contributed by atoms with Crippen molar-refractivity contribution in [2.24, 2.45) is 0 Å². The zero-order valence-electron chi connectivity index (χ0n) is 24.9. The second-order valence-electron chi connectivity index (χ2n) is 10.2. The average molecular weight is 735 g/mol. The molecule has 0 spiro atoms. The van der Waals surface area contributed by atoms with Gasteiger partial charge in [0.1, 0.15) is 29.6 Å². The van der Waals surface area contributed by atoms with Crippen LogP contribution in [0.1, 0.15) is 40.5 Å². The van der Waals surface area contributed by atoms with Gasteiger partial charge in [0, 0.05) is 49.2 Å². The Kier molecular flexibility index (Phi) is 12.1. The van der Waals surface area contributed by atoms with Crippen molar-refractivity contribution in [1.29, 1.82) is 0 Å². The summed E-state index contributed by atoms with van der Waals surface area (Å²) in [5.41, 5.74) is -0.183. The third-order valence-electron chi connectivity index (χ3n) is 7.28. The molecule has 1 heterocycles. The van der Waals surface area contributed by atoms with Crippen molar-refractivity contribution in [3.63, 3.8) is 0 Å². The van der Waals surface area contributed by atoms with Crippen molar-refractivity contribution in [2.45, 2.75) is 38.0 Å². The van der Waals surface area contributed by atoms with Crippen LogP contribution in [0, 0.1) is 3.57 Å². The Bertz CT molecular complexity index is 1620. The van der Waals surface area contributed by atoms with Crippen molar-refractivity contribution in [1.82, 2.24) is 10.2 Å². The van der Waals surface area contributed by atoms with Crippen LogP contribution in [0.25, 0.3) is 11.0 Å². The summed E-state index contributed by atoms with van der Waals surface area (Å²) in [6.45, 7) is 2.40. The summed E-state index contributed by atoms with van der Waals surface area (Å²) in [7, 11) is 1.41. The molecule has 1 aliphatic carbocycles. The minimum Gasteiger partial charge on any atom is -0.493 e. The van der Waals surface area contributed by atoms with Gasteiger partial charge < -0.3 is 39.1 Å². The number of carbonyl (C=O) groups is 3. The molecular weight excluding hydrogens is 699 g/mol. The molecule has 0 fully saturated rings. The fraction of sp³-hybridized carbons (Fsp3) is 0.375. The molecule has 0 saturated heterocycles. The van der Waals surface area contributed by atoms with Gasteiger partial charge in [-0.1, -0.05) is 18.2 Å². The Morgan fingerprint density at radius 1 is 1.22 bits per heavy atom. The largest absolute Gasteiger partial charge is 0.493 e. The minimum absolute atomic E-state index is 0.0110. The average Bonchev–Trinajstić information content (AvgIpc) is 3.04. The standard InChI is InChI=1S/C32H35IN2O10/c1-3-43-12-6-10-35(31(40)22-15-20-7-4-5-8-25(20)45-32(22)41)24-16-21(30(39)34-9-11-36)17-26(28(24)38)44-29-23(33)13-19(18-37)14-27(29)42-2/h4-5,7-8,13-15,17-18,24,26,28,36,38H,3,6,9-12,16H2,1-2H3,(H,34,39). The van der Waals surface area contributed by atoms with E-state index in [1.165, 1.54) is 30.2 Å². The molecule has 3 N–H and O–H groups in total. The molecule has 2 aromatic carbocycles. The van der Waals surface area contributed by atoms with Crippen LogP contribution in [0.3, 0.4) is 0 Å². The number of nitrogens with one attached hydrogen (secondary N) is 1. The molecule has 2 amide bonds. The maximum absolute atomic E-state index is 14.1. The van der Waals surface area contributed by atoms with Crippen LogP contribution in [-0.4, -0.2) is 91.5 Å². The number of aliphatic hydroxyl groups excluding tert-OH is 2. The number of para-hydroxylation sites is 1. The third kappa shape index (κ3) is 8.09. The number of nitrogens with zero attached hydrogens (tertiary/aromatic N) is 1. The van der Waals surface area contributed by atoms with Crippen molar-refractivity contribution in [3.8, 4) is 11.5 Å². The van der Waals surface area contributed by atoms with Gasteiger partial charge in [0.2, 0.25) is 5.91 Å². The number of aliphatic hydroxyl groups is 2. The Labute approximate surface area is 273 Å². The first-order valence-electron chi connectivity index (χ1n) is 14.4. The molecule has 0 radical (unpaired) electrons. The number of benzene rings is 2. The minimum atomic E-state index is -1.37. The third-order valence-corrected chi connectivity index (χ3v) is 8.08. The van der Waals surface area contributed by atoms with Gasteiger partial charge in [-0.05, 0) is 66.3 Å². The molecule has 0 saturated carbocycles. The lowest BCUT2D eigenvalue weighted by Crippen LogP contribution is -2.56. The highest BCUT2D eigenvalue weighted by atomic mass is 127. The number of methoxy groups -OCH3 is 1. The highest BCUT2D eigenvalue weighted by Gasteiger charge is 2.41. The van der Waals surface area contributed by atoms with Gasteiger partial charge in [-0.3, -0.25) is 14.4 Å². The molecule has 3 unspecified atom stereocenters. The Hall–Kier alpha value is -3.79. The predicted molar refractivity (Wildman–Crippen MR) is 173 cm³/mol. The molecular formula is C32H35IN2O10. The molecule has 1 aliphatic rings. The molecule has 3 atom stereocenters. The second kappa shape index (κ2) is 16.0. The summed E-state index contributed by atoms with van der Waals surface area (Å²) in [5, 5.41) is 24.2. The van der Waals surface area contributed by atoms with E-state index in [4.69, 9.17) is 18.6 Å². The van der Waals surface area contributed by atoms with Crippen LogP contribution in [0.15, 0.2) is 63.3 Å². The monoisotopic (exact) mass is 734 g/mol. The summed E-state index contributed by atoms with van der Waals surface area (Å²) < 4.78 is 23.1. The summed E-state index contributed by atoms with van der Waals surface area (Å²) in [5.74, 6) is -0.742. The van der Waals surface area contributed by atoms with Gasteiger partial charge in [0.05, 0.1) is 23.3 Å². The maximum atomic E-state index is 14.1. The fourth-order valence-corrected chi connectivity index (χ4v) is 5.86. The number of rotatable bonds is 14. The highest BCUT2D eigenvalue weighted by Crippen LogP contribution is 2.37. The van der Waals surface area contributed by atoms with Crippen LogP contribution in [0.2, 0.25) is 0 Å². The van der Waals surface area contributed by atoms with E-state index in [0.717, 1.165) is 0 Å². The predicted octanol–water partition coefficient (Wildman–Crippen LogP) is 2.70.